The molecule has 1 amide bonds. The second-order valence-corrected chi connectivity index (χ2v) is 5.77. The number of hydrogen-bond donors (Lipinski definition) is 2. The molecule has 0 saturated heterocycles. The molecule has 1 aliphatic carbocycles. The normalized spacial score (nSPS) is 17.5. The van der Waals surface area contributed by atoms with Crippen LogP contribution in [0.1, 0.15) is 56.3 Å². The number of anilines is 1. The van der Waals surface area contributed by atoms with Crippen molar-refractivity contribution in [1.29, 1.82) is 0 Å². The predicted molar refractivity (Wildman–Crippen MR) is 84.1 cm³/mol. The Bertz CT molecular complexity index is 438. The minimum absolute atomic E-state index is 0.00136. The highest BCUT2D eigenvalue weighted by Crippen LogP contribution is 2.28. The Kier molecular flexibility index (Phi) is 5.45. The van der Waals surface area contributed by atoms with Gasteiger partial charge in [0.2, 0.25) is 0 Å². The maximum atomic E-state index is 11.8. The van der Waals surface area contributed by atoms with Crippen molar-refractivity contribution in [3.63, 3.8) is 0 Å². The van der Waals surface area contributed by atoms with E-state index in [1.54, 1.807) is 0 Å². The van der Waals surface area contributed by atoms with Gasteiger partial charge in [-0.05, 0) is 50.8 Å². The molecule has 1 aromatic rings. The van der Waals surface area contributed by atoms with Gasteiger partial charge in [0, 0.05) is 23.8 Å². The van der Waals surface area contributed by atoms with Crippen LogP contribution < -0.4 is 10.6 Å². The first kappa shape index (κ1) is 14.9. The summed E-state index contributed by atoms with van der Waals surface area (Å²) in [5.41, 5.74) is 1.78. The summed E-state index contributed by atoms with van der Waals surface area (Å²) >= 11 is 0. The van der Waals surface area contributed by atoms with Crippen molar-refractivity contribution < 1.29 is 4.79 Å². The van der Waals surface area contributed by atoms with Crippen molar-refractivity contribution in [1.82, 2.24) is 5.32 Å². The maximum Gasteiger partial charge on any atom is 0.251 e. The van der Waals surface area contributed by atoms with E-state index in [0.29, 0.717) is 12.6 Å². The summed E-state index contributed by atoms with van der Waals surface area (Å²) in [6.07, 6.45) is 6.75. The van der Waals surface area contributed by atoms with Crippen molar-refractivity contribution >= 4 is 11.6 Å². The Morgan fingerprint density at radius 1 is 1.30 bits per heavy atom. The monoisotopic (exact) mass is 274 g/mol. The van der Waals surface area contributed by atoms with E-state index >= 15 is 0 Å². The highest BCUT2D eigenvalue weighted by molar-refractivity contribution is 5.95. The zero-order valence-electron chi connectivity index (χ0n) is 12.6. The lowest BCUT2D eigenvalue weighted by Crippen LogP contribution is -2.28. The SMILES string of the molecule is CCNC(=O)c1cccc(NC(C)C2CCCCC2)c1. The zero-order chi connectivity index (χ0) is 14.4. The fraction of sp³-hybridized carbons (Fsp3) is 0.588. The average molecular weight is 274 g/mol. The van der Waals surface area contributed by atoms with Gasteiger partial charge < -0.3 is 10.6 Å². The van der Waals surface area contributed by atoms with Crippen molar-refractivity contribution in [3.05, 3.63) is 29.8 Å². The van der Waals surface area contributed by atoms with E-state index in [1.807, 2.05) is 31.2 Å². The van der Waals surface area contributed by atoms with Gasteiger partial charge in [-0.2, -0.15) is 0 Å². The zero-order valence-corrected chi connectivity index (χ0v) is 12.6. The van der Waals surface area contributed by atoms with E-state index < -0.39 is 0 Å². The van der Waals surface area contributed by atoms with Gasteiger partial charge >= 0.3 is 0 Å². The van der Waals surface area contributed by atoms with Gasteiger partial charge in [-0.15, -0.1) is 0 Å². The second-order valence-electron chi connectivity index (χ2n) is 5.77. The molecular weight excluding hydrogens is 248 g/mol. The fourth-order valence-corrected chi connectivity index (χ4v) is 3.03. The van der Waals surface area contributed by atoms with Crippen LogP contribution in [0.4, 0.5) is 5.69 Å². The number of nitrogens with one attached hydrogen (secondary N) is 2. The molecule has 1 fully saturated rings. The van der Waals surface area contributed by atoms with E-state index in [1.165, 1.54) is 32.1 Å². The first-order valence-electron chi connectivity index (χ1n) is 7.85. The van der Waals surface area contributed by atoms with Crippen molar-refractivity contribution in [2.24, 2.45) is 5.92 Å². The molecule has 0 radical (unpaired) electrons. The molecule has 3 heteroatoms. The van der Waals surface area contributed by atoms with Gasteiger partial charge in [-0.1, -0.05) is 25.3 Å². The smallest absolute Gasteiger partial charge is 0.251 e. The van der Waals surface area contributed by atoms with Crippen LogP contribution in [0.15, 0.2) is 24.3 Å². The standard InChI is InChI=1S/C17H26N2O/c1-3-18-17(20)15-10-7-11-16(12-15)19-13(2)14-8-5-4-6-9-14/h7,10-14,19H,3-6,8-9H2,1-2H3,(H,18,20). The first-order valence-corrected chi connectivity index (χ1v) is 7.85. The van der Waals surface area contributed by atoms with Crippen molar-refractivity contribution in [2.45, 2.75) is 52.0 Å². The number of benzene rings is 1. The first-order chi connectivity index (χ1) is 9.70. The molecule has 1 aliphatic rings. The molecule has 0 bridgehead atoms. The van der Waals surface area contributed by atoms with Gasteiger partial charge in [0.05, 0.1) is 0 Å². The quantitative estimate of drug-likeness (QED) is 0.857. The molecular formula is C17H26N2O. The minimum Gasteiger partial charge on any atom is -0.382 e. The summed E-state index contributed by atoms with van der Waals surface area (Å²) in [6, 6.07) is 8.27. The lowest BCUT2D eigenvalue weighted by molar-refractivity contribution is 0.0956. The molecule has 20 heavy (non-hydrogen) atoms. The molecule has 1 atom stereocenters. The number of carbonyl (C=O) groups excluding carboxylic acids is 1. The van der Waals surface area contributed by atoms with Gasteiger partial charge in [-0.3, -0.25) is 4.79 Å². The highest BCUT2D eigenvalue weighted by atomic mass is 16.1. The van der Waals surface area contributed by atoms with Crippen LogP contribution in [0.5, 0.6) is 0 Å². The topological polar surface area (TPSA) is 41.1 Å². The molecule has 110 valence electrons. The number of amides is 1. The maximum absolute atomic E-state index is 11.8. The molecule has 0 aliphatic heterocycles. The fourth-order valence-electron chi connectivity index (χ4n) is 3.03. The van der Waals surface area contributed by atoms with Crippen LogP contribution in [0.25, 0.3) is 0 Å². The molecule has 1 aromatic carbocycles. The van der Waals surface area contributed by atoms with Crippen LogP contribution in [-0.2, 0) is 0 Å². The Hall–Kier alpha value is -1.51. The van der Waals surface area contributed by atoms with E-state index in [2.05, 4.69) is 17.6 Å². The molecule has 1 saturated carbocycles. The molecule has 2 rings (SSSR count). The minimum atomic E-state index is 0.00136. The summed E-state index contributed by atoms with van der Waals surface area (Å²) in [5.74, 6) is 0.762. The van der Waals surface area contributed by atoms with Gasteiger partial charge in [-0.25, -0.2) is 0 Å². The Morgan fingerprint density at radius 3 is 2.75 bits per heavy atom. The Morgan fingerprint density at radius 2 is 2.05 bits per heavy atom. The van der Waals surface area contributed by atoms with E-state index in [0.717, 1.165) is 17.2 Å². The third kappa shape index (κ3) is 3.99. The summed E-state index contributed by atoms with van der Waals surface area (Å²) in [5, 5.41) is 6.41. The molecule has 0 heterocycles. The molecule has 0 aromatic heterocycles. The van der Waals surface area contributed by atoms with E-state index in [9.17, 15) is 4.79 Å². The summed E-state index contributed by atoms with van der Waals surface area (Å²) in [4.78, 5) is 11.8. The molecule has 0 spiro atoms. The number of hydrogen-bond acceptors (Lipinski definition) is 2. The van der Waals surface area contributed by atoms with Crippen LogP contribution in [0, 0.1) is 5.92 Å². The molecule has 3 nitrogen and oxygen atoms in total. The lowest BCUT2D eigenvalue weighted by Gasteiger charge is -2.29. The molecule has 2 N–H and O–H groups in total. The average Bonchev–Trinajstić information content (AvgIpc) is 2.48. The molecule has 1 unspecified atom stereocenters. The predicted octanol–water partition coefficient (Wildman–Crippen LogP) is 3.82. The van der Waals surface area contributed by atoms with Crippen LogP contribution in [-0.4, -0.2) is 18.5 Å². The summed E-state index contributed by atoms with van der Waals surface area (Å²) < 4.78 is 0. The highest BCUT2D eigenvalue weighted by Gasteiger charge is 2.19. The Balaban J connectivity index is 1.98. The van der Waals surface area contributed by atoms with Gasteiger partial charge in [0.15, 0.2) is 0 Å². The van der Waals surface area contributed by atoms with Crippen LogP contribution in [0.3, 0.4) is 0 Å². The second kappa shape index (κ2) is 7.32. The van der Waals surface area contributed by atoms with E-state index in [4.69, 9.17) is 0 Å². The van der Waals surface area contributed by atoms with Crippen LogP contribution in [0.2, 0.25) is 0 Å². The van der Waals surface area contributed by atoms with Crippen molar-refractivity contribution in [2.75, 3.05) is 11.9 Å². The summed E-state index contributed by atoms with van der Waals surface area (Å²) in [6.45, 7) is 4.86. The third-order valence-electron chi connectivity index (χ3n) is 4.21. The van der Waals surface area contributed by atoms with E-state index in [-0.39, 0.29) is 5.91 Å². The number of carbonyl (C=O) groups is 1. The Labute approximate surface area is 122 Å². The van der Waals surface area contributed by atoms with Gasteiger partial charge in [0.25, 0.3) is 5.91 Å². The largest absolute Gasteiger partial charge is 0.382 e. The van der Waals surface area contributed by atoms with Crippen LogP contribution >= 0.6 is 0 Å². The summed E-state index contributed by atoms with van der Waals surface area (Å²) in [7, 11) is 0. The number of rotatable bonds is 5. The lowest BCUT2D eigenvalue weighted by atomic mass is 9.84. The third-order valence-corrected chi connectivity index (χ3v) is 4.21. The van der Waals surface area contributed by atoms with Gasteiger partial charge in [0.1, 0.15) is 0 Å². The van der Waals surface area contributed by atoms with Crippen molar-refractivity contribution in [3.8, 4) is 0 Å².